The molecule has 0 atom stereocenters. The first-order chi connectivity index (χ1) is 7.72. The van der Waals surface area contributed by atoms with Gasteiger partial charge in [0.05, 0.1) is 0 Å². The molecule has 0 spiro atoms. The molecule has 0 aliphatic carbocycles. The zero-order valence-electron chi connectivity index (χ0n) is 9.54. The summed E-state index contributed by atoms with van der Waals surface area (Å²) in [7, 11) is 0. The van der Waals surface area contributed by atoms with Crippen molar-refractivity contribution in [1.29, 1.82) is 0 Å². The molecular formula is C12H18FN3. The van der Waals surface area contributed by atoms with Crippen LogP contribution < -0.4 is 11.1 Å². The van der Waals surface area contributed by atoms with E-state index in [2.05, 4.69) is 17.2 Å². The van der Waals surface area contributed by atoms with Crippen molar-refractivity contribution in [2.75, 3.05) is 13.1 Å². The van der Waals surface area contributed by atoms with E-state index in [-0.39, 0.29) is 5.82 Å². The summed E-state index contributed by atoms with van der Waals surface area (Å²) in [6.45, 7) is 3.51. The van der Waals surface area contributed by atoms with Gasteiger partial charge in [0.15, 0.2) is 5.96 Å². The Kier molecular flexibility index (Phi) is 5.32. The molecular weight excluding hydrogens is 205 g/mol. The van der Waals surface area contributed by atoms with Crippen LogP contribution in [-0.2, 0) is 6.42 Å². The molecule has 1 aromatic rings. The van der Waals surface area contributed by atoms with E-state index in [9.17, 15) is 4.39 Å². The molecule has 1 rings (SSSR count). The normalized spacial score (nSPS) is 11.5. The highest BCUT2D eigenvalue weighted by molar-refractivity contribution is 5.77. The monoisotopic (exact) mass is 223 g/mol. The molecule has 3 nitrogen and oxygen atoms in total. The van der Waals surface area contributed by atoms with Crippen LogP contribution in [0.25, 0.3) is 0 Å². The van der Waals surface area contributed by atoms with Gasteiger partial charge in [0, 0.05) is 13.1 Å². The summed E-state index contributed by atoms with van der Waals surface area (Å²) < 4.78 is 12.6. The van der Waals surface area contributed by atoms with Gasteiger partial charge in [0.25, 0.3) is 0 Å². The average Bonchev–Trinajstić information content (AvgIpc) is 2.29. The maximum atomic E-state index is 12.6. The fourth-order valence-electron chi connectivity index (χ4n) is 1.27. The van der Waals surface area contributed by atoms with Crippen molar-refractivity contribution in [1.82, 2.24) is 5.32 Å². The van der Waals surface area contributed by atoms with Crippen LogP contribution >= 0.6 is 0 Å². The van der Waals surface area contributed by atoms with Gasteiger partial charge in [-0.05, 0) is 30.5 Å². The molecule has 0 radical (unpaired) electrons. The molecule has 3 N–H and O–H groups in total. The lowest BCUT2D eigenvalue weighted by atomic mass is 10.1. The van der Waals surface area contributed by atoms with Crippen molar-refractivity contribution in [3.63, 3.8) is 0 Å². The number of guanidine groups is 1. The van der Waals surface area contributed by atoms with Crippen LogP contribution in [-0.4, -0.2) is 19.0 Å². The highest BCUT2D eigenvalue weighted by Crippen LogP contribution is 2.02. The summed E-state index contributed by atoms with van der Waals surface area (Å²) in [6, 6.07) is 6.47. The number of halogens is 1. The summed E-state index contributed by atoms with van der Waals surface area (Å²) in [6.07, 6.45) is 1.79. The predicted molar refractivity (Wildman–Crippen MR) is 64.9 cm³/mol. The van der Waals surface area contributed by atoms with E-state index in [1.54, 1.807) is 12.1 Å². The minimum absolute atomic E-state index is 0.208. The van der Waals surface area contributed by atoms with Crippen molar-refractivity contribution >= 4 is 5.96 Å². The molecule has 0 bridgehead atoms. The van der Waals surface area contributed by atoms with Crippen molar-refractivity contribution in [2.45, 2.75) is 19.8 Å². The third-order valence-electron chi connectivity index (χ3n) is 2.14. The van der Waals surface area contributed by atoms with Crippen LogP contribution in [0.5, 0.6) is 0 Å². The van der Waals surface area contributed by atoms with Gasteiger partial charge in [-0.3, -0.25) is 4.99 Å². The molecule has 0 heterocycles. The molecule has 1 aromatic carbocycles. The largest absolute Gasteiger partial charge is 0.370 e. The first-order valence-corrected chi connectivity index (χ1v) is 5.50. The minimum atomic E-state index is -0.208. The van der Waals surface area contributed by atoms with Crippen molar-refractivity contribution in [2.24, 2.45) is 10.7 Å². The molecule has 4 heteroatoms. The molecule has 0 unspecified atom stereocenters. The van der Waals surface area contributed by atoms with E-state index in [0.717, 1.165) is 24.9 Å². The number of hydrogen-bond acceptors (Lipinski definition) is 1. The number of nitrogens with zero attached hydrogens (tertiary/aromatic N) is 1. The van der Waals surface area contributed by atoms with Gasteiger partial charge in [-0.25, -0.2) is 4.39 Å². The Morgan fingerprint density at radius 2 is 2.06 bits per heavy atom. The predicted octanol–water partition coefficient (Wildman–Crippen LogP) is 1.68. The number of nitrogens with two attached hydrogens (primary N) is 1. The molecule has 0 fully saturated rings. The lowest BCUT2D eigenvalue weighted by Crippen LogP contribution is -2.33. The molecule has 0 aliphatic rings. The second-order valence-corrected chi connectivity index (χ2v) is 3.57. The molecule has 0 saturated carbocycles. The number of aliphatic imine (C=N–C) groups is 1. The zero-order chi connectivity index (χ0) is 11.8. The molecule has 16 heavy (non-hydrogen) atoms. The van der Waals surface area contributed by atoms with Crippen LogP contribution in [0.15, 0.2) is 29.3 Å². The second-order valence-electron chi connectivity index (χ2n) is 3.57. The Morgan fingerprint density at radius 1 is 1.38 bits per heavy atom. The van der Waals surface area contributed by atoms with E-state index in [1.807, 2.05) is 0 Å². The van der Waals surface area contributed by atoms with E-state index >= 15 is 0 Å². The van der Waals surface area contributed by atoms with E-state index < -0.39 is 0 Å². The third-order valence-corrected chi connectivity index (χ3v) is 2.14. The summed E-state index contributed by atoms with van der Waals surface area (Å²) in [5.74, 6) is 0.268. The smallest absolute Gasteiger partial charge is 0.188 e. The van der Waals surface area contributed by atoms with Gasteiger partial charge < -0.3 is 11.1 Å². The Labute approximate surface area is 95.6 Å². The third kappa shape index (κ3) is 4.77. The summed E-state index contributed by atoms with van der Waals surface area (Å²) in [5.41, 5.74) is 6.71. The second kappa shape index (κ2) is 6.82. The fraction of sp³-hybridized carbons (Fsp3) is 0.417. The van der Waals surface area contributed by atoms with Crippen LogP contribution in [0, 0.1) is 5.82 Å². The zero-order valence-corrected chi connectivity index (χ0v) is 9.54. The number of benzene rings is 1. The summed E-state index contributed by atoms with van der Waals surface area (Å²) in [4.78, 5) is 4.11. The lowest BCUT2D eigenvalue weighted by Gasteiger charge is -2.05. The van der Waals surface area contributed by atoms with Crippen molar-refractivity contribution < 1.29 is 4.39 Å². The molecule has 0 aliphatic heterocycles. The van der Waals surface area contributed by atoms with Gasteiger partial charge in [-0.1, -0.05) is 19.1 Å². The van der Waals surface area contributed by atoms with Gasteiger partial charge in [0.2, 0.25) is 0 Å². The quantitative estimate of drug-likeness (QED) is 0.589. The molecule has 88 valence electrons. The Bertz CT molecular complexity index is 333. The number of nitrogens with one attached hydrogen (secondary N) is 1. The van der Waals surface area contributed by atoms with Gasteiger partial charge >= 0.3 is 0 Å². The molecule has 0 aromatic heterocycles. The van der Waals surface area contributed by atoms with E-state index in [4.69, 9.17) is 5.73 Å². The Balaban J connectivity index is 2.27. The van der Waals surface area contributed by atoms with Crippen molar-refractivity contribution in [3.05, 3.63) is 35.6 Å². The van der Waals surface area contributed by atoms with E-state index in [0.29, 0.717) is 12.5 Å². The van der Waals surface area contributed by atoms with Gasteiger partial charge in [-0.2, -0.15) is 0 Å². The van der Waals surface area contributed by atoms with Crippen LogP contribution in [0.4, 0.5) is 4.39 Å². The fourth-order valence-corrected chi connectivity index (χ4v) is 1.27. The number of hydrogen-bond donors (Lipinski definition) is 2. The maximum absolute atomic E-state index is 12.6. The first kappa shape index (κ1) is 12.5. The first-order valence-electron chi connectivity index (χ1n) is 5.50. The molecule has 0 amide bonds. The highest BCUT2D eigenvalue weighted by atomic mass is 19.1. The Morgan fingerprint density at radius 3 is 2.69 bits per heavy atom. The summed E-state index contributed by atoms with van der Waals surface area (Å²) >= 11 is 0. The Hall–Kier alpha value is -1.58. The topological polar surface area (TPSA) is 50.4 Å². The van der Waals surface area contributed by atoms with Crippen LogP contribution in [0.3, 0.4) is 0 Å². The van der Waals surface area contributed by atoms with E-state index in [1.165, 1.54) is 12.1 Å². The maximum Gasteiger partial charge on any atom is 0.188 e. The van der Waals surface area contributed by atoms with Gasteiger partial charge in [-0.15, -0.1) is 0 Å². The number of rotatable bonds is 5. The lowest BCUT2D eigenvalue weighted by molar-refractivity contribution is 0.627. The minimum Gasteiger partial charge on any atom is -0.370 e. The summed E-state index contributed by atoms with van der Waals surface area (Å²) in [5, 5.41) is 3.01. The SMILES string of the molecule is CCCN=C(N)NCCc1ccc(F)cc1. The molecule has 0 saturated heterocycles. The standard InChI is InChI=1S/C12H18FN3/c1-2-8-15-12(14)16-9-7-10-3-5-11(13)6-4-10/h3-6H,2,7-9H2,1H3,(H3,14,15,16). The highest BCUT2D eigenvalue weighted by Gasteiger charge is 1.95. The average molecular weight is 223 g/mol. The van der Waals surface area contributed by atoms with Crippen LogP contribution in [0.2, 0.25) is 0 Å². The van der Waals surface area contributed by atoms with Gasteiger partial charge in [0.1, 0.15) is 5.82 Å². The van der Waals surface area contributed by atoms with Crippen molar-refractivity contribution in [3.8, 4) is 0 Å². The van der Waals surface area contributed by atoms with Crippen LogP contribution in [0.1, 0.15) is 18.9 Å².